The van der Waals surface area contributed by atoms with Crippen molar-refractivity contribution in [1.29, 1.82) is 0 Å². The van der Waals surface area contributed by atoms with Crippen molar-refractivity contribution in [2.75, 3.05) is 13.6 Å². The van der Waals surface area contributed by atoms with Gasteiger partial charge in [-0.05, 0) is 19.6 Å². The van der Waals surface area contributed by atoms with Gasteiger partial charge in [-0.3, -0.25) is 0 Å². The maximum atomic E-state index is 9.11. The fourth-order valence-electron chi connectivity index (χ4n) is 0.502. The second-order valence-electron chi connectivity index (χ2n) is 2.19. The lowest BCUT2D eigenvalue weighted by Gasteiger charge is -2.14. The van der Waals surface area contributed by atoms with Gasteiger partial charge in [-0.25, -0.2) is 0 Å². The molecule has 0 aromatic carbocycles. The van der Waals surface area contributed by atoms with E-state index in [9.17, 15) is 0 Å². The van der Waals surface area contributed by atoms with E-state index < -0.39 is 8.56 Å². The molecule has 0 aliphatic heterocycles. The molecule has 0 saturated heterocycles. The maximum Gasteiger partial charge on any atom is 0.333 e. The predicted molar refractivity (Wildman–Crippen MR) is 39.4 cm³/mol. The van der Waals surface area contributed by atoms with E-state index in [1.807, 2.05) is 6.92 Å². The van der Waals surface area contributed by atoms with Crippen molar-refractivity contribution in [3.63, 3.8) is 0 Å². The lowest BCUT2D eigenvalue weighted by atomic mass is 10.8. The Balaban J connectivity index is 3.33. The van der Waals surface area contributed by atoms with Crippen LogP contribution in [0, 0.1) is 0 Å². The summed E-state index contributed by atoms with van der Waals surface area (Å²) in [7, 11) is -0.955. The number of rotatable bonds is 4. The summed E-state index contributed by atoms with van der Waals surface area (Å²) in [5, 5.41) is 2.87. The standard InChI is InChI=1S/C5H15NO2Si/c1-3-9(7,8)5-4-6-2/h6-8H,3-5H2,1-2H3. The molecule has 0 amide bonds. The van der Waals surface area contributed by atoms with Crippen LogP contribution in [0.4, 0.5) is 0 Å². The smallest absolute Gasteiger partial charge is 0.333 e. The van der Waals surface area contributed by atoms with Gasteiger partial charge in [-0.2, -0.15) is 0 Å². The number of hydrogen-bond acceptors (Lipinski definition) is 3. The second-order valence-corrected chi connectivity index (χ2v) is 5.36. The van der Waals surface area contributed by atoms with Crippen LogP contribution in [-0.2, 0) is 0 Å². The molecule has 0 aromatic rings. The molecule has 0 aromatic heterocycles. The zero-order chi connectivity index (χ0) is 7.33. The molecule has 0 saturated carbocycles. The second kappa shape index (κ2) is 4.00. The summed E-state index contributed by atoms with van der Waals surface area (Å²) in [6.07, 6.45) is 0. The van der Waals surface area contributed by atoms with E-state index in [1.54, 1.807) is 7.05 Å². The molecule has 0 fully saturated rings. The van der Waals surface area contributed by atoms with Crippen LogP contribution >= 0.6 is 0 Å². The van der Waals surface area contributed by atoms with Crippen LogP contribution < -0.4 is 5.32 Å². The highest BCUT2D eigenvalue weighted by molar-refractivity contribution is 6.64. The van der Waals surface area contributed by atoms with Crippen molar-refractivity contribution in [1.82, 2.24) is 5.32 Å². The van der Waals surface area contributed by atoms with Crippen molar-refractivity contribution < 1.29 is 9.59 Å². The summed E-state index contributed by atoms with van der Waals surface area (Å²) in [5.41, 5.74) is 0. The minimum Gasteiger partial charge on any atom is -0.411 e. The fourth-order valence-corrected chi connectivity index (χ4v) is 1.51. The lowest BCUT2D eigenvalue weighted by molar-refractivity contribution is 0.359. The Hall–Kier alpha value is 0.0969. The van der Waals surface area contributed by atoms with Gasteiger partial charge in [0.15, 0.2) is 0 Å². The minimum absolute atomic E-state index is 0.522. The van der Waals surface area contributed by atoms with E-state index in [1.165, 1.54) is 0 Å². The van der Waals surface area contributed by atoms with Crippen molar-refractivity contribution in [3.05, 3.63) is 0 Å². The Morgan fingerprint density at radius 3 is 2.33 bits per heavy atom. The molecule has 9 heavy (non-hydrogen) atoms. The third-order valence-corrected chi connectivity index (χ3v) is 3.52. The van der Waals surface area contributed by atoms with E-state index in [0.29, 0.717) is 18.6 Å². The third-order valence-electron chi connectivity index (χ3n) is 1.34. The Morgan fingerprint density at radius 1 is 1.44 bits per heavy atom. The number of hydrogen-bond donors (Lipinski definition) is 3. The Kier molecular flexibility index (Phi) is 4.04. The monoisotopic (exact) mass is 149 g/mol. The normalized spacial score (nSPS) is 12.0. The van der Waals surface area contributed by atoms with Gasteiger partial charge in [0.05, 0.1) is 0 Å². The Bertz CT molecular complexity index is 77.4. The van der Waals surface area contributed by atoms with Crippen LogP contribution in [-0.4, -0.2) is 31.7 Å². The molecule has 56 valence electrons. The van der Waals surface area contributed by atoms with Gasteiger partial charge in [0.2, 0.25) is 0 Å². The zero-order valence-electron chi connectivity index (χ0n) is 6.02. The van der Waals surface area contributed by atoms with Crippen molar-refractivity contribution in [3.8, 4) is 0 Å². The molecule has 0 unspecified atom stereocenters. The maximum absolute atomic E-state index is 9.11. The molecule has 0 atom stereocenters. The van der Waals surface area contributed by atoms with Crippen LogP contribution in [0.1, 0.15) is 6.92 Å². The Labute approximate surface area is 57.0 Å². The lowest BCUT2D eigenvalue weighted by Crippen LogP contribution is -2.36. The van der Waals surface area contributed by atoms with Crippen LogP contribution in [0.2, 0.25) is 12.1 Å². The quantitative estimate of drug-likeness (QED) is 0.479. The van der Waals surface area contributed by atoms with E-state index in [0.717, 1.165) is 0 Å². The SMILES string of the molecule is CC[Si](O)(O)CCNC. The van der Waals surface area contributed by atoms with E-state index in [2.05, 4.69) is 5.32 Å². The molecule has 0 radical (unpaired) electrons. The predicted octanol–water partition coefficient (Wildman–Crippen LogP) is -0.348. The Morgan fingerprint density at radius 2 is 2.00 bits per heavy atom. The highest BCUT2D eigenvalue weighted by Gasteiger charge is 2.24. The summed E-state index contributed by atoms with van der Waals surface area (Å²) in [5.74, 6) is 0. The summed E-state index contributed by atoms with van der Waals surface area (Å²) in [4.78, 5) is 18.2. The van der Waals surface area contributed by atoms with E-state index >= 15 is 0 Å². The van der Waals surface area contributed by atoms with Crippen molar-refractivity contribution >= 4 is 8.56 Å². The van der Waals surface area contributed by atoms with Gasteiger partial charge in [0, 0.05) is 6.04 Å². The van der Waals surface area contributed by atoms with Crippen molar-refractivity contribution in [2.45, 2.75) is 19.0 Å². The van der Waals surface area contributed by atoms with Gasteiger partial charge in [0.1, 0.15) is 0 Å². The summed E-state index contributed by atoms with van der Waals surface area (Å²) in [6.45, 7) is 2.51. The largest absolute Gasteiger partial charge is 0.411 e. The molecule has 3 nitrogen and oxygen atoms in total. The first-order valence-electron chi connectivity index (χ1n) is 3.21. The minimum atomic E-state index is -2.76. The summed E-state index contributed by atoms with van der Waals surface area (Å²) < 4.78 is 0. The molecule has 0 bridgehead atoms. The first-order valence-corrected chi connectivity index (χ1v) is 5.52. The average molecular weight is 149 g/mol. The molecule has 0 aliphatic rings. The van der Waals surface area contributed by atoms with Gasteiger partial charge in [-0.15, -0.1) is 0 Å². The van der Waals surface area contributed by atoms with E-state index in [4.69, 9.17) is 9.59 Å². The van der Waals surface area contributed by atoms with Crippen LogP contribution in [0.3, 0.4) is 0 Å². The molecule has 0 rings (SSSR count). The first-order chi connectivity index (χ1) is 4.12. The first kappa shape index (κ1) is 9.10. The zero-order valence-corrected chi connectivity index (χ0v) is 7.02. The topological polar surface area (TPSA) is 52.5 Å². The van der Waals surface area contributed by atoms with Crippen LogP contribution in [0.15, 0.2) is 0 Å². The molecular formula is C5H15NO2Si. The van der Waals surface area contributed by atoms with Gasteiger partial charge < -0.3 is 14.9 Å². The van der Waals surface area contributed by atoms with Crippen LogP contribution in [0.5, 0.6) is 0 Å². The summed E-state index contributed by atoms with van der Waals surface area (Å²) >= 11 is 0. The molecule has 0 aliphatic carbocycles. The third kappa shape index (κ3) is 4.59. The molecule has 0 spiro atoms. The van der Waals surface area contributed by atoms with E-state index in [-0.39, 0.29) is 0 Å². The highest BCUT2D eigenvalue weighted by Crippen LogP contribution is 2.04. The molecular weight excluding hydrogens is 134 g/mol. The van der Waals surface area contributed by atoms with Gasteiger partial charge >= 0.3 is 8.56 Å². The highest BCUT2D eigenvalue weighted by atomic mass is 28.4. The molecule has 4 heteroatoms. The summed E-state index contributed by atoms with van der Waals surface area (Å²) in [6, 6.07) is 1.05. The van der Waals surface area contributed by atoms with Gasteiger partial charge in [-0.1, -0.05) is 6.92 Å². The van der Waals surface area contributed by atoms with Crippen LogP contribution in [0.25, 0.3) is 0 Å². The van der Waals surface area contributed by atoms with Crippen molar-refractivity contribution in [2.24, 2.45) is 0 Å². The molecule has 0 heterocycles. The fraction of sp³-hybridized carbons (Fsp3) is 1.00. The molecule has 3 N–H and O–H groups in total. The average Bonchev–Trinajstić information content (AvgIpc) is 1.84. The van der Waals surface area contributed by atoms with Gasteiger partial charge in [0.25, 0.3) is 0 Å². The number of nitrogens with one attached hydrogen (secondary N) is 1.